The normalized spacial score (nSPS) is 20.4. The van der Waals surface area contributed by atoms with Crippen LogP contribution in [0.3, 0.4) is 0 Å². The van der Waals surface area contributed by atoms with Crippen molar-refractivity contribution in [2.24, 2.45) is 5.92 Å². The van der Waals surface area contributed by atoms with Crippen LogP contribution in [0.1, 0.15) is 30.7 Å². The number of rotatable bonds is 6. The van der Waals surface area contributed by atoms with Gasteiger partial charge in [-0.15, -0.1) is 0 Å². The molecule has 1 aliphatic heterocycles. The maximum Gasteiger partial charge on any atom is 0.303 e. The molecule has 0 radical (unpaired) electrons. The Morgan fingerprint density at radius 2 is 2.35 bits per heavy atom. The molecule has 2 rings (SSSR count). The highest BCUT2D eigenvalue weighted by atomic mass is 32.2. The Morgan fingerprint density at radius 3 is 2.95 bits per heavy atom. The first-order chi connectivity index (χ1) is 9.37. The number of aryl methyl sites for hydroxylation is 1. The van der Waals surface area contributed by atoms with Crippen LogP contribution in [0, 0.1) is 12.8 Å². The number of carboxylic acid groups (broad SMARTS) is 1. The quantitative estimate of drug-likeness (QED) is 0.841. The molecule has 20 heavy (non-hydrogen) atoms. The number of hydrogen-bond acceptors (Lipinski definition) is 5. The van der Waals surface area contributed by atoms with Crippen molar-refractivity contribution in [2.45, 2.75) is 31.9 Å². The largest absolute Gasteiger partial charge is 0.481 e. The van der Waals surface area contributed by atoms with Crippen molar-refractivity contribution in [1.29, 1.82) is 0 Å². The standard InChI is InChI=1S/C12H18N2O5S/c1-9-6-11(13-19-9)8-20(17,18)14-5-4-10(7-14)2-3-12(15)16/h6,10H,2-5,7-8H2,1H3,(H,15,16). The molecule has 1 N–H and O–H groups in total. The predicted molar refractivity (Wildman–Crippen MR) is 70.4 cm³/mol. The minimum absolute atomic E-state index is 0.0844. The molecule has 1 aromatic heterocycles. The summed E-state index contributed by atoms with van der Waals surface area (Å²) >= 11 is 0. The Bertz CT molecular complexity index is 580. The Kier molecular flexibility index (Phi) is 4.44. The van der Waals surface area contributed by atoms with Crippen LogP contribution in [0.2, 0.25) is 0 Å². The molecule has 1 saturated heterocycles. The van der Waals surface area contributed by atoms with E-state index in [9.17, 15) is 13.2 Å². The van der Waals surface area contributed by atoms with Gasteiger partial charge in [0.2, 0.25) is 10.0 Å². The smallest absolute Gasteiger partial charge is 0.303 e. The molecule has 0 aromatic carbocycles. The molecule has 0 saturated carbocycles. The summed E-state index contributed by atoms with van der Waals surface area (Å²) < 4.78 is 30.7. The Morgan fingerprint density at radius 1 is 1.60 bits per heavy atom. The summed E-state index contributed by atoms with van der Waals surface area (Å²) in [7, 11) is -3.41. The molecule has 1 unspecified atom stereocenters. The minimum Gasteiger partial charge on any atom is -0.481 e. The van der Waals surface area contributed by atoms with E-state index in [1.807, 2.05) is 0 Å². The first-order valence-corrected chi connectivity index (χ1v) is 8.09. The lowest BCUT2D eigenvalue weighted by Gasteiger charge is -2.15. The fraction of sp³-hybridized carbons (Fsp3) is 0.667. The van der Waals surface area contributed by atoms with Gasteiger partial charge in [-0.3, -0.25) is 4.79 Å². The molecule has 0 amide bonds. The Hall–Kier alpha value is -1.41. The van der Waals surface area contributed by atoms with Gasteiger partial charge in [0.05, 0.1) is 0 Å². The van der Waals surface area contributed by atoms with Gasteiger partial charge in [0, 0.05) is 25.6 Å². The second kappa shape index (κ2) is 5.92. The van der Waals surface area contributed by atoms with Crippen LogP contribution in [0.4, 0.5) is 0 Å². The first-order valence-electron chi connectivity index (χ1n) is 6.48. The van der Waals surface area contributed by atoms with Crippen molar-refractivity contribution < 1.29 is 22.8 Å². The Balaban J connectivity index is 1.92. The average Bonchev–Trinajstić information content (AvgIpc) is 2.95. The van der Waals surface area contributed by atoms with E-state index < -0.39 is 16.0 Å². The molecular formula is C12H18N2O5S. The number of hydrogen-bond donors (Lipinski definition) is 1. The third-order valence-corrected chi connectivity index (χ3v) is 5.19. The van der Waals surface area contributed by atoms with E-state index in [1.165, 1.54) is 4.31 Å². The monoisotopic (exact) mass is 302 g/mol. The lowest BCUT2D eigenvalue weighted by atomic mass is 10.0. The van der Waals surface area contributed by atoms with E-state index >= 15 is 0 Å². The van der Waals surface area contributed by atoms with E-state index in [2.05, 4.69) is 5.16 Å². The second-order valence-corrected chi connectivity index (χ2v) is 7.10. The summed E-state index contributed by atoms with van der Waals surface area (Å²) in [5.41, 5.74) is 0.400. The number of carboxylic acids is 1. The molecular weight excluding hydrogens is 284 g/mol. The first kappa shape index (κ1) is 15.0. The highest BCUT2D eigenvalue weighted by molar-refractivity contribution is 7.88. The van der Waals surface area contributed by atoms with Crippen molar-refractivity contribution in [1.82, 2.24) is 9.46 Å². The number of sulfonamides is 1. The molecule has 112 valence electrons. The molecule has 8 heteroatoms. The molecule has 1 fully saturated rings. The SMILES string of the molecule is Cc1cc(CS(=O)(=O)N2CCC(CCC(=O)O)C2)no1. The van der Waals surface area contributed by atoms with Gasteiger partial charge >= 0.3 is 5.97 Å². The highest BCUT2D eigenvalue weighted by Gasteiger charge is 2.32. The molecule has 1 aromatic rings. The van der Waals surface area contributed by atoms with Crippen molar-refractivity contribution in [3.8, 4) is 0 Å². The predicted octanol–water partition coefficient (Wildman–Crippen LogP) is 1.000. The average molecular weight is 302 g/mol. The third-order valence-electron chi connectivity index (χ3n) is 3.42. The molecule has 2 heterocycles. The second-order valence-electron chi connectivity index (χ2n) is 5.13. The van der Waals surface area contributed by atoms with Gasteiger partial charge < -0.3 is 9.63 Å². The number of aliphatic carboxylic acids is 1. The molecule has 1 aliphatic rings. The third kappa shape index (κ3) is 3.80. The summed E-state index contributed by atoms with van der Waals surface area (Å²) in [5.74, 6) is -0.309. The van der Waals surface area contributed by atoms with Crippen LogP contribution in [0.25, 0.3) is 0 Å². The van der Waals surface area contributed by atoms with Crippen LogP contribution >= 0.6 is 0 Å². The van der Waals surface area contributed by atoms with Crippen LogP contribution in [0.5, 0.6) is 0 Å². The van der Waals surface area contributed by atoms with E-state index in [4.69, 9.17) is 9.63 Å². The molecule has 7 nitrogen and oxygen atoms in total. The number of aromatic nitrogens is 1. The van der Waals surface area contributed by atoms with Crippen molar-refractivity contribution in [3.63, 3.8) is 0 Å². The van der Waals surface area contributed by atoms with E-state index in [-0.39, 0.29) is 18.1 Å². The van der Waals surface area contributed by atoms with Crippen LogP contribution in [0.15, 0.2) is 10.6 Å². The van der Waals surface area contributed by atoms with Gasteiger partial charge in [-0.25, -0.2) is 12.7 Å². The summed E-state index contributed by atoms with van der Waals surface area (Å²) in [6.07, 6.45) is 1.32. The fourth-order valence-electron chi connectivity index (χ4n) is 2.38. The lowest BCUT2D eigenvalue weighted by molar-refractivity contribution is -0.137. The summed E-state index contributed by atoms with van der Waals surface area (Å²) in [6, 6.07) is 1.61. The van der Waals surface area contributed by atoms with E-state index in [0.717, 1.165) is 0 Å². The van der Waals surface area contributed by atoms with Crippen molar-refractivity contribution in [2.75, 3.05) is 13.1 Å². The van der Waals surface area contributed by atoms with Gasteiger partial charge in [0.1, 0.15) is 17.2 Å². The fourth-order valence-corrected chi connectivity index (χ4v) is 3.89. The zero-order valence-electron chi connectivity index (χ0n) is 11.3. The minimum atomic E-state index is -3.41. The molecule has 0 bridgehead atoms. The van der Waals surface area contributed by atoms with Gasteiger partial charge in [-0.05, 0) is 25.7 Å². The lowest BCUT2D eigenvalue weighted by Crippen LogP contribution is -2.30. The number of nitrogens with zero attached hydrogens (tertiary/aromatic N) is 2. The van der Waals surface area contributed by atoms with Gasteiger partial charge in [0.15, 0.2) is 0 Å². The number of carbonyl (C=O) groups is 1. The Labute approximate surface area is 117 Å². The zero-order valence-corrected chi connectivity index (χ0v) is 12.1. The van der Waals surface area contributed by atoms with Crippen molar-refractivity contribution in [3.05, 3.63) is 17.5 Å². The maximum absolute atomic E-state index is 12.2. The van der Waals surface area contributed by atoms with Gasteiger partial charge in [0.25, 0.3) is 0 Å². The van der Waals surface area contributed by atoms with Crippen molar-refractivity contribution >= 4 is 16.0 Å². The summed E-state index contributed by atoms with van der Waals surface area (Å²) in [6.45, 7) is 2.55. The topological polar surface area (TPSA) is 101 Å². The summed E-state index contributed by atoms with van der Waals surface area (Å²) in [4.78, 5) is 10.5. The van der Waals surface area contributed by atoms with E-state index in [0.29, 0.717) is 37.4 Å². The van der Waals surface area contributed by atoms with Gasteiger partial charge in [-0.2, -0.15) is 0 Å². The van der Waals surface area contributed by atoms with Gasteiger partial charge in [-0.1, -0.05) is 5.16 Å². The maximum atomic E-state index is 12.2. The summed E-state index contributed by atoms with van der Waals surface area (Å²) in [5, 5.41) is 12.3. The van der Waals surface area contributed by atoms with E-state index in [1.54, 1.807) is 13.0 Å². The molecule has 1 atom stereocenters. The van der Waals surface area contributed by atoms with Crippen LogP contribution in [-0.4, -0.2) is 42.0 Å². The van der Waals surface area contributed by atoms with Crippen LogP contribution < -0.4 is 0 Å². The van der Waals surface area contributed by atoms with Crippen LogP contribution in [-0.2, 0) is 20.6 Å². The zero-order chi connectivity index (χ0) is 14.8. The molecule has 0 aliphatic carbocycles. The molecule has 0 spiro atoms. The highest BCUT2D eigenvalue weighted by Crippen LogP contribution is 2.25.